The number of anilines is 2. The summed E-state index contributed by atoms with van der Waals surface area (Å²) in [5.74, 6) is -0.259. The Bertz CT molecular complexity index is 724. The van der Waals surface area contributed by atoms with E-state index in [1.165, 1.54) is 17.8 Å². The van der Waals surface area contributed by atoms with E-state index in [0.717, 1.165) is 21.5 Å². The highest BCUT2D eigenvalue weighted by molar-refractivity contribution is 7.98. The first kappa shape index (κ1) is 12.0. The van der Waals surface area contributed by atoms with Gasteiger partial charge in [0.15, 0.2) is 0 Å². The van der Waals surface area contributed by atoms with E-state index >= 15 is 0 Å². The highest BCUT2D eigenvalue weighted by atomic mass is 32.2. The van der Waals surface area contributed by atoms with Crippen LogP contribution in [0.5, 0.6) is 0 Å². The van der Waals surface area contributed by atoms with Gasteiger partial charge in [0.05, 0.1) is 16.9 Å². The number of aromatic nitrogens is 2. The molecule has 0 bridgehead atoms. The van der Waals surface area contributed by atoms with Crippen LogP contribution in [0.15, 0.2) is 47.8 Å². The minimum Gasteiger partial charge on any atom is -0.359 e. The van der Waals surface area contributed by atoms with Crippen molar-refractivity contribution in [3.63, 3.8) is 0 Å². The van der Waals surface area contributed by atoms with Crippen LogP contribution in [0.3, 0.4) is 0 Å². The third kappa shape index (κ3) is 2.29. The molecule has 3 nitrogen and oxygen atoms in total. The van der Waals surface area contributed by atoms with Crippen molar-refractivity contribution in [3.8, 4) is 0 Å². The van der Waals surface area contributed by atoms with E-state index in [1.54, 1.807) is 18.5 Å². The molecule has 2 aromatic heterocycles. The number of halogens is 1. The molecular formula is C14H12FN3S. The summed E-state index contributed by atoms with van der Waals surface area (Å²) in [6, 6.07) is 7.05. The van der Waals surface area contributed by atoms with Crippen LogP contribution < -0.4 is 5.32 Å². The van der Waals surface area contributed by atoms with Gasteiger partial charge in [-0.2, -0.15) is 0 Å². The van der Waals surface area contributed by atoms with Crippen LogP contribution in [-0.2, 0) is 0 Å². The Hall–Kier alpha value is -2.01. The molecule has 3 aromatic rings. The number of nitrogens with zero attached hydrogens (tertiary/aromatic N) is 1. The van der Waals surface area contributed by atoms with Crippen LogP contribution in [0.25, 0.3) is 10.9 Å². The number of pyridine rings is 1. The van der Waals surface area contributed by atoms with Crippen molar-refractivity contribution in [2.24, 2.45) is 0 Å². The van der Waals surface area contributed by atoms with Gasteiger partial charge in [0.1, 0.15) is 5.82 Å². The third-order valence-electron chi connectivity index (χ3n) is 2.93. The molecule has 0 fully saturated rings. The quantitative estimate of drug-likeness (QED) is 0.704. The predicted octanol–water partition coefficient (Wildman–Crippen LogP) is 4.17. The van der Waals surface area contributed by atoms with Gasteiger partial charge >= 0.3 is 0 Å². The highest BCUT2D eigenvalue weighted by Gasteiger charge is 2.07. The van der Waals surface area contributed by atoms with Crippen LogP contribution >= 0.6 is 11.8 Å². The molecule has 0 saturated heterocycles. The molecule has 2 heterocycles. The van der Waals surface area contributed by atoms with Crippen LogP contribution in [-0.4, -0.2) is 16.2 Å². The second-order valence-electron chi connectivity index (χ2n) is 4.09. The number of H-pyrrole nitrogens is 1. The maximum atomic E-state index is 13.9. The second-order valence-corrected chi connectivity index (χ2v) is 4.97. The number of thioether (sulfide) groups is 1. The van der Waals surface area contributed by atoms with Crippen LogP contribution in [0.1, 0.15) is 0 Å². The maximum absolute atomic E-state index is 13.9. The van der Waals surface area contributed by atoms with Crippen LogP contribution in [0.4, 0.5) is 15.8 Å². The number of rotatable bonds is 3. The van der Waals surface area contributed by atoms with Crippen molar-refractivity contribution in [3.05, 3.63) is 48.7 Å². The lowest BCUT2D eigenvalue weighted by Gasteiger charge is -2.07. The zero-order chi connectivity index (χ0) is 13.2. The molecule has 0 aliphatic carbocycles. The Morgan fingerprint density at radius 3 is 2.95 bits per heavy atom. The van der Waals surface area contributed by atoms with Crippen molar-refractivity contribution in [2.75, 3.05) is 11.6 Å². The fourth-order valence-electron chi connectivity index (χ4n) is 1.94. The summed E-state index contributed by atoms with van der Waals surface area (Å²) in [4.78, 5) is 8.11. The van der Waals surface area contributed by atoms with E-state index < -0.39 is 0 Å². The van der Waals surface area contributed by atoms with Gasteiger partial charge in [-0.3, -0.25) is 4.98 Å². The lowest BCUT2D eigenvalue weighted by atomic mass is 10.2. The van der Waals surface area contributed by atoms with Crippen molar-refractivity contribution >= 4 is 34.0 Å². The monoisotopic (exact) mass is 273 g/mol. The number of hydrogen-bond donors (Lipinski definition) is 2. The molecule has 0 spiro atoms. The Labute approximate surface area is 114 Å². The van der Waals surface area contributed by atoms with E-state index in [-0.39, 0.29) is 5.82 Å². The fourth-order valence-corrected chi connectivity index (χ4v) is 2.36. The predicted molar refractivity (Wildman–Crippen MR) is 77.6 cm³/mol. The molecule has 0 aliphatic heterocycles. The molecule has 0 atom stereocenters. The molecule has 0 saturated carbocycles. The first-order valence-corrected chi connectivity index (χ1v) is 7.02. The zero-order valence-electron chi connectivity index (χ0n) is 10.3. The van der Waals surface area contributed by atoms with Gasteiger partial charge < -0.3 is 10.3 Å². The SMILES string of the molecule is CSc1ccc(Nc2c[nH]c3ccncc23)c(F)c1. The molecule has 1 aromatic carbocycles. The maximum Gasteiger partial charge on any atom is 0.147 e. The van der Waals surface area contributed by atoms with Crippen LogP contribution in [0.2, 0.25) is 0 Å². The molecular weight excluding hydrogens is 261 g/mol. The van der Waals surface area contributed by atoms with Gasteiger partial charge in [-0.1, -0.05) is 0 Å². The molecule has 0 unspecified atom stereocenters. The van der Waals surface area contributed by atoms with Gasteiger partial charge in [-0.15, -0.1) is 11.8 Å². The third-order valence-corrected chi connectivity index (χ3v) is 3.65. The molecule has 0 radical (unpaired) electrons. The number of hydrogen-bond acceptors (Lipinski definition) is 3. The van der Waals surface area contributed by atoms with E-state index in [0.29, 0.717) is 5.69 Å². The van der Waals surface area contributed by atoms with Crippen molar-refractivity contribution in [1.82, 2.24) is 9.97 Å². The smallest absolute Gasteiger partial charge is 0.147 e. The van der Waals surface area contributed by atoms with Crippen molar-refractivity contribution < 1.29 is 4.39 Å². The lowest BCUT2D eigenvalue weighted by Crippen LogP contribution is -1.93. The molecule has 3 rings (SSSR count). The standard InChI is InChI=1S/C14H12FN3S/c1-19-9-2-3-13(11(15)6-9)18-14-8-17-12-4-5-16-7-10(12)14/h2-8,17-18H,1H3. The molecule has 5 heteroatoms. The highest BCUT2D eigenvalue weighted by Crippen LogP contribution is 2.28. The average Bonchev–Trinajstić information content (AvgIpc) is 2.84. The first-order valence-electron chi connectivity index (χ1n) is 5.79. The topological polar surface area (TPSA) is 40.7 Å². The lowest BCUT2D eigenvalue weighted by molar-refractivity contribution is 0.628. The molecule has 19 heavy (non-hydrogen) atoms. The van der Waals surface area contributed by atoms with Crippen LogP contribution in [0, 0.1) is 5.82 Å². The molecule has 0 amide bonds. The first-order chi connectivity index (χ1) is 9.28. The van der Waals surface area contributed by atoms with Gasteiger partial charge in [0, 0.05) is 28.9 Å². The minimum absolute atomic E-state index is 0.259. The van der Waals surface area contributed by atoms with E-state index in [2.05, 4.69) is 15.3 Å². The summed E-state index contributed by atoms with van der Waals surface area (Å²) in [5.41, 5.74) is 2.25. The average molecular weight is 273 g/mol. The van der Waals surface area contributed by atoms with Gasteiger partial charge in [-0.05, 0) is 30.5 Å². The Balaban J connectivity index is 1.97. The molecule has 2 N–H and O–H groups in total. The number of benzene rings is 1. The largest absolute Gasteiger partial charge is 0.359 e. The van der Waals surface area contributed by atoms with Crippen molar-refractivity contribution in [2.45, 2.75) is 4.90 Å². The second kappa shape index (κ2) is 4.93. The summed E-state index contributed by atoms with van der Waals surface area (Å²) < 4.78 is 13.9. The Morgan fingerprint density at radius 1 is 1.26 bits per heavy atom. The Kier molecular flexibility index (Phi) is 3.13. The summed E-state index contributed by atoms with van der Waals surface area (Å²) in [6.45, 7) is 0. The minimum atomic E-state index is -0.259. The molecule has 96 valence electrons. The van der Waals surface area contributed by atoms with E-state index in [9.17, 15) is 4.39 Å². The van der Waals surface area contributed by atoms with Gasteiger partial charge in [-0.25, -0.2) is 4.39 Å². The fraction of sp³-hybridized carbons (Fsp3) is 0.0714. The van der Waals surface area contributed by atoms with Gasteiger partial charge in [0.25, 0.3) is 0 Å². The Morgan fingerprint density at radius 2 is 2.16 bits per heavy atom. The zero-order valence-corrected chi connectivity index (χ0v) is 11.1. The number of aromatic amines is 1. The normalized spacial score (nSPS) is 10.8. The summed E-state index contributed by atoms with van der Waals surface area (Å²) in [6.07, 6.45) is 7.21. The summed E-state index contributed by atoms with van der Waals surface area (Å²) >= 11 is 1.52. The van der Waals surface area contributed by atoms with Crippen molar-refractivity contribution in [1.29, 1.82) is 0 Å². The summed E-state index contributed by atoms with van der Waals surface area (Å²) in [5, 5.41) is 4.03. The number of fused-ring (bicyclic) bond motifs is 1. The van der Waals surface area contributed by atoms with E-state index in [4.69, 9.17) is 0 Å². The summed E-state index contributed by atoms with van der Waals surface area (Å²) in [7, 11) is 0. The van der Waals surface area contributed by atoms with E-state index in [1.807, 2.05) is 24.6 Å². The molecule has 0 aliphatic rings. The number of nitrogens with one attached hydrogen (secondary N) is 2. The van der Waals surface area contributed by atoms with Gasteiger partial charge in [0.2, 0.25) is 0 Å².